The number of carboxylic acids is 1. The molecule has 1 aliphatic rings. The number of amides is 1. The second kappa shape index (κ2) is 6.27. The summed E-state index contributed by atoms with van der Waals surface area (Å²) < 4.78 is 10.5. The standard InChI is InChI=1S/C14H17NO5/c1-9(15-13(16)3-2-4-14(17)18)10-5-6-11-12(7-10)20-8-19-11/h5-7,9H,2-4,8H2,1H3,(H,15,16)(H,17,18)/t9-/m0/s1. The zero-order chi connectivity index (χ0) is 14.5. The van der Waals surface area contributed by atoms with Crippen LogP contribution >= 0.6 is 0 Å². The zero-order valence-corrected chi connectivity index (χ0v) is 11.2. The molecule has 0 bridgehead atoms. The molecule has 2 N–H and O–H groups in total. The van der Waals surface area contributed by atoms with Gasteiger partial charge in [-0.25, -0.2) is 0 Å². The highest BCUT2D eigenvalue weighted by molar-refractivity contribution is 5.77. The Balaban J connectivity index is 1.86. The summed E-state index contributed by atoms with van der Waals surface area (Å²) in [5.41, 5.74) is 0.917. The molecule has 1 aromatic rings. The molecule has 1 aliphatic heterocycles. The minimum Gasteiger partial charge on any atom is -0.481 e. The molecule has 1 heterocycles. The van der Waals surface area contributed by atoms with E-state index >= 15 is 0 Å². The number of carbonyl (C=O) groups is 2. The van der Waals surface area contributed by atoms with Crippen LogP contribution in [0.3, 0.4) is 0 Å². The Labute approximate surface area is 116 Å². The number of nitrogens with one attached hydrogen (secondary N) is 1. The van der Waals surface area contributed by atoms with E-state index in [2.05, 4.69) is 5.32 Å². The van der Waals surface area contributed by atoms with Crippen LogP contribution in [-0.4, -0.2) is 23.8 Å². The van der Waals surface area contributed by atoms with Crippen LogP contribution < -0.4 is 14.8 Å². The van der Waals surface area contributed by atoms with E-state index in [4.69, 9.17) is 14.6 Å². The number of carboxylic acid groups (broad SMARTS) is 1. The predicted molar refractivity (Wildman–Crippen MR) is 70.6 cm³/mol. The average molecular weight is 279 g/mol. The van der Waals surface area contributed by atoms with Crippen LogP contribution in [0.25, 0.3) is 0 Å². The lowest BCUT2D eigenvalue weighted by atomic mass is 10.1. The van der Waals surface area contributed by atoms with Crippen molar-refractivity contribution in [3.05, 3.63) is 23.8 Å². The summed E-state index contributed by atoms with van der Waals surface area (Å²) in [5, 5.41) is 11.4. The summed E-state index contributed by atoms with van der Waals surface area (Å²) in [7, 11) is 0. The average Bonchev–Trinajstić information content (AvgIpc) is 2.85. The molecule has 0 fully saturated rings. The van der Waals surface area contributed by atoms with Gasteiger partial charge in [0, 0.05) is 12.8 Å². The molecule has 20 heavy (non-hydrogen) atoms. The monoisotopic (exact) mass is 279 g/mol. The zero-order valence-electron chi connectivity index (χ0n) is 11.2. The van der Waals surface area contributed by atoms with E-state index < -0.39 is 5.97 Å². The van der Waals surface area contributed by atoms with Gasteiger partial charge in [-0.2, -0.15) is 0 Å². The molecule has 0 saturated heterocycles. The van der Waals surface area contributed by atoms with Gasteiger partial charge < -0.3 is 19.9 Å². The number of ether oxygens (including phenoxy) is 2. The lowest BCUT2D eigenvalue weighted by Gasteiger charge is -2.14. The topological polar surface area (TPSA) is 84.9 Å². The van der Waals surface area contributed by atoms with Gasteiger partial charge in [-0.05, 0) is 31.0 Å². The van der Waals surface area contributed by atoms with E-state index in [9.17, 15) is 9.59 Å². The highest BCUT2D eigenvalue weighted by Gasteiger charge is 2.16. The van der Waals surface area contributed by atoms with Crippen molar-refractivity contribution in [3.63, 3.8) is 0 Å². The van der Waals surface area contributed by atoms with Gasteiger partial charge >= 0.3 is 5.97 Å². The molecule has 6 nitrogen and oxygen atoms in total. The van der Waals surface area contributed by atoms with Crippen LogP contribution in [0.5, 0.6) is 11.5 Å². The molecule has 1 amide bonds. The fourth-order valence-corrected chi connectivity index (χ4v) is 1.98. The normalized spacial score (nSPS) is 13.8. The molecule has 0 unspecified atom stereocenters. The maximum atomic E-state index is 11.7. The minimum absolute atomic E-state index is 0.00578. The fraction of sp³-hybridized carbons (Fsp3) is 0.429. The number of aliphatic carboxylic acids is 1. The van der Waals surface area contributed by atoms with Crippen LogP contribution in [0, 0.1) is 0 Å². The Morgan fingerprint density at radius 3 is 2.80 bits per heavy atom. The summed E-state index contributed by atoms with van der Waals surface area (Å²) in [6.07, 6.45) is 0.558. The van der Waals surface area contributed by atoms with Crippen molar-refractivity contribution >= 4 is 11.9 Å². The van der Waals surface area contributed by atoms with Gasteiger partial charge in [0.25, 0.3) is 0 Å². The molecule has 0 radical (unpaired) electrons. The van der Waals surface area contributed by atoms with Gasteiger partial charge in [-0.3, -0.25) is 9.59 Å². The third-order valence-electron chi connectivity index (χ3n) is 3.07. The van der Waals surface area contributed by atoms with Crippen LogP contribution in [0.2, 0.25) is 0 Å². The van der Waals surface area contributed by atoms with Gasteiger partial charge in [0.15, 0.2) is 11.5 Å². The Bertz CT molecular complexity index is 514. The number of benzene rings is 1. The van der Waals surface area contributed by atoms with Gasteiger partial charge in [0.2, 0.25) is 12.7 Å². The summed E-state index contributed by atoms with van der Waals surface area (Å²) in [6, 6.07) is 5.35. The van der Waals surface area contributed by atoms with Gasteiger partial charge in [-0.1, -0.05) is 6.07 Å². The Hall–Kier alpha value is -2.24. The molecule has 1 aromatic carbocycles. The number of carbonyl (C=O) groups excluding carboxylic acids is 1. The van der Waals surface area contributed by atoms with Crippen molar-refractivity contribution in [1.82, 2.24) is 5.32 Å². The molecule has 2 rings (SSSR count). The van der Waals surface area contributed by atoms with Crippen LogP contribution in [-0.2, 0) is 9.59 Å². The smallest absolute Gasteiger partial charge is 0.303 e. The number of fused-ring (bicyclic) bond motifs is 1. The summed E-state index contributed by atoms with van der Waals surface area (Å²) >= 11 is 0. The second-order valence-electron chi connectivity index (χ2n) is 4.65. The van der Waals surface area contributed by atoms with E-state index in [0.717, 1.165) is 5.56 Å². The van der Waals surface area contributed by atoms with Crippen molar-refractivity contribution in [3.8, 4) is 11.5 Å². The lowest BCUT2D eigenvalue weighted by molar-refractivity contribution is -0.137. The van der Waals surface area contributed by atoms with Gasteiger partial charge in [0.1, 0.15) is 0 Å². The predicted octanol–water partition coefficient (Wildman–Crippen LogP) is 1.85. The van der Waals surface area contributed by atoms with E-state index in [-0.39, 0.29) is 31.6 Å². The molecular weight excluding hydrogens is 262 g/mol. The molecule has 0 spiro atoms. The van der Waals surface area contributed by atoms with Crippen LogP contribution in [0.1, 0.15) is 37.8 Å². The summed E-state index contributed by atoms with van der Waals surface area (Å²) in [5.74, 6) is 0.334. The van der Waals surface area contributed by atoms with E-state index in [0.29, 0.717) is 17.9 Å². The number of hydrogen-bond acceptors (Lipinski definition) is 4. The highest BCUT2D eigenvalue weighted by atomic mass is 16.7. The Morgan fingerprint density at radius 2 is 2.05 bits per heavy atom. The first-order chi connectivity index (χ1) is 9.56. The largest absolute Gasteiger partial charge is 0.481 e. The first kappa shape index (κ1) is 14.2. The van der Waals surface area contributed by atoms with E-state index in [1.165, 1.54) is 0 Å². The maximum Gasteiger partial charge on any atom is 0.303 e. The third kappa shape index (κ3) is 3.63. The minimum atomic E-state index is -0.887. The lowest BCUT2D eigenvalue weighted by Crippen LogP contribution is -2.26. The van der Waals surface area contributed by atoms with Crippen molar-refractivity contribution < 1.29 is 24.2 Å². The molecular formula is C14H17NO5. The molecule has 1 atom stereocenters. The number of hydrogen-bond donors (Lipinski definition) is 2. The van der Waals surface area contributed by atoms with Crippen molar-refractivity contribution in [1.29, 1.82) is 0 Å². The Kier molecular flexibility index (Phi) is 4.45. The third-order valence-corrected chi connectivity index (χ3v) is 3.07. The molecule has 6 heteroatoms. The maximum absolute atomic E-state index is 11.7. The Morgan fingerprint density at radius 1 is 1.30 bits per heavy atom. The first-order valence-corrected chi connectivity index (χ1v) is 6.47. The van der Waals surface area contributed by atoms with Crippen molar-refractivity contribution in [2.45, 2.75) is 32.2 Å². The van der Waals surface area contributed by atoms with Crippen LogP contribution in [0.4, 0.5) is 0 Å². The second-order valence-corrected chi connectivity index (χ2v) is 4.65. The quantitative estimate of drug-likeness (QED) is 0.830. The van der Waals surface area contributed by atoms with Crippen molar-refractivity contribution in [2.75, 3.05) is 6.79 Å². The van der Waals surface area contributed by atoms with Crippen LogP contribution in [0.15, 0.2) is 18.2 Å². The summed E-state index contributed by atoms with van der Waals surface area (Å²) in [6.45, 7) is 2.08. The highest BCUT2D eigenvalue weighted by Crippen LogP contribution is 2.34. The molecule has 108 valence electrons. The van der Waals surface area contributed by atoms with Gasteiger partial charge in [-0.15, -0.1) is 0 Å². The van der Waals surface area contributed by atoms with Gasteiger partial charge in [0.05, 0.1) is 6.04 Å². The fourth-order valence-electron chi connectivity index (χ4n) is 1.98. The SMILES string of the molecule is C[C@H](NC(=O)CCCC(=O)O)c1ccc2c(c1)OCO2. The van der Waals surface area contributed by atoms with E-state index in [1.54, 1.807) is 0 Å². The van der Waals surface area contributed by atoms with E-state index in [1.807, 2.05) is 25.1 Å². The van der Waals surface area contributed by atoms with Crippen molar-refractivity contribution in [2.24, 2.45) is 0 Å². The summed E-state index contributed by atoms with van der Waals surface area (Å²) in [4.78, 5) is 22.1. The molecule has 0 saturated carbocycles. The first-order valence-electron chi connectivity index (χ1n) is 6.47. The molecule has 0 aliphatic carbocycles. The number of rotatable bonds is 6. The molecule has 0 aromatic heterocycles.